The van der Waals surface area contributed by atoms with Gasteiger partial charge in [0.1, 0.15) is 4.88 Å². The van der Waals surface area contributed by atoms with Crippen molar-refractivity contribution in [3.8, 4) is 0 Å². The second kappa shape index (κ2) is 6.11. The summed E-state index contributed by atoms with van der Waals surface area (Å²) in [6.07, 6.45) is 0. The fourth-order valence-electron chi connectivity index (χ4n) is 1.83. The zero-order valence-electron chi connectivity index (χ0n) is 11.3. The second-order valence-corrected chi connectivity index (χ2v) is 6.88. The molecule has 1 amide bonds. The Labute approximate surface area is 130 Å². The molecule has 0 aliphatic heterocycles. The first-order valence-corrected chi connectivity index (χ1v) is 7.94. The number of aliphatic hydroxyl groups excluding tert-OH is 1. The lowest BCUT2D eigenvalue weighted by Crippen LogP contribution is -2.38. The number of aliphatic hydroxyl groups is 1. The van der Waals surface area contributed by atoms with Gasteiger partial charge in [-0.2, -0.15) is 0 Å². The Morgan fingerprint density at radius 1 is 1.50 bits per heavy atom. The number of rotatable bonds is 4. The number of nitrogen functional groups attached to an aromatic ring is 1. The van der Waals surface area contributed by atoms with Crippen molar-refractivity contribution in [3.63, 3.8) is 0 Å². The van der Waals surface area contributed by atoms with Crippen molar-refractivity contribution < 1.29 is 9.90 Å². The van der Waals surface area contributed by atoms with Crippen LogP contribution >= 0.6 is 27.3 Å². The van der Waals surface area contributed by atoms with E-state index in [0.717, 1.165) is 14.6 Å². The smallest absolute Gasteiger partial charge is 0.263 e. The predicted molar refractivity (Wildman–Crippen MR) is 87.1 cm³/mol. The molecule has 1 aromatic heterocycles. The fourth-order valence-corrected chi connectivity index (χ4v) is 3.20. The number of nitrogens with one attached hydrogen (secondary N) is 1. The van der Waals surface area contributed by atoms with Crippen molar-refractivity contribution in [3.05, 3.63) is 27.5 Å². The number of carbonyl (C=O) groups is 1. The van der Waals surface area contributed by atoms with Crippen molar-refractivity contribution in [2.75, 3.05) is 12.3 Å². The minimum Gasteiger partial charge on any atom is -0.397 e. The molecule has 4 N–H and O–H groups in total. The third kappa shape index (κ3) is 2.97. The average molecular weight is 357 g/mol. The minimum absolute atomic E-state index is 0.00342. The van der Waals surface area contributed by atoms with E-state index in [-0.39, 0.29) is 24.5 Å². The molecule has 0 bridgehead atoms. The third-order valence-corrected chi connectivity index (χ3v) is 5.07. The van der Waals surface area contributed by atoms with Gasteiger partial charge in [-0.05, 0) is 31.0 Å². The fraction of sp³-hybridized carbons (Fsp3) is 0.357. The molecular formula is C14H17BrN2O2S. The molecule has 0 saturated heterocycles. The van der Waals surface area contributed by atoms with Gasteiger partial charge in [-0.3, -0.25) is 4.79 Å². The van der Waals surface area contributed by atoms with Crippen molar-refractivity contribution in [2.24, 2.45) is 5.92 Å². The summed E-state index contributed by atoms with van der Waals surface area (Å²) in [7, 11) is 0. The number of nitrogens with two attached hydrogens (primary N) is 1. The van der Waals surface area contributed by atoms with Gasteiger partial charge in [0.15, 0.2) is 0 Å². The second-order valence-electron chi connectivity index (χ2n) is 4.91. The highest BCUT2D eigenvalue weighted by atomic mass is 79.9. The molecule has 2 aromatic rings. The SMILES string of the molecule is CC(CO)C(C)NC(=O)c1sc2ccc(Br)cc2c1N. The first-order valence-electron chi connectivity index (χ1n) is 6.33. The van der Waals surface area contributed by atoms with Gasteiger partial charge in [-0.25, -0.2) is 0 Å². The lowest BCUT2D eigenvalue weighted by molar-refractivity contribution is 0.0921. The Balaban J connectivity index is 2.29. The highest BCUT2D eigenvalue weighted by Crippen LogP contribution is 2.35. The molecule has 0 fully saturated rings. The molecule has 0 aliphatic carbocycles. The number of halogens is 1. The van der Waals surface area contributed by atoms with E-state index in [9.17, 15) is 4.79 Å². The van der Waals surface area contributed by atoms with Gasteiger partial charge in [-0.15, -0.1) is 11.3 Å². The largest absolute Gasteiger partial charge is 0.397 e. The van der Waals surface area contributed by atoms with Crippen LogP contribution < -0.4 is 11.1 Å². The van der Waals surface area contributed by atoms with Crippen molar-refractivity contribution in [2.45, 2.75) is 19.9 Å². The van der Waals surface area contributed by atoms with Gasteiger partial charge >= 0.3 is 0 Å². The van der Waals surface area contributed by atoms with E-state index in [0.29, 0.717) is 10.6 Å². The summed E-state index contributed by atoms with van der Waals surface area (Å²) >= 11 is 4.78. The highest BCUT2D eigenvalue weighted by molar-refractivity contribution is 9.10. The number of carbonyl (C=O) groups excluding carboxylic acids is 1. The Morgan fingerprint density at radius 3 is 2.85 bits per heavy atom. The van der Waals surface area contributed by atoms with E-state index in [2.05, 4.69) is 21.2 Å². The number of hydrogen-bond donors (Lipinski definition) is 3. The Morgan fingerprint density at radius 2 is 2.20 bits per heavy atom. The molecule has 4 nitrogen and oxygen atoms in total. The molecule has 6 heteroatoms. The molecule has 1 aromatic carbocycles. The van der Waals surface area contributed by atoms with Crippen LogP contribution in [0.15, 0.2) is 22.7 Å². The van der Waals surface area contributed by atoms with Gasteiger partial charge in [0.25, 0.3) is 5.91 Å². The number of benzene rings is 1. The number of fused-ring (bicyclic) bond motifs is 1. The standard InChI is InChI=1S/C14H17BrN2O2S/c1-7(6-18)8(2)17-14(19)13-12(16)10-5-9(15)3-4-11(10)20-13/h3-5,7-8,18H,6,16H2,1-2H3,(H,17,19). The van der Waals surface area contributed by atoms with Crippen LogP contribution in [0.2, 0.25) is 0 Å². The maximum Gasteiger partial charge on any atom is 0.263 e. The summed E-state index contributed by atoms with van der Waals surface area (Å²) in [5.41, 5.74) is 6.58. The third-order valence-electron chi connectivity index (χ3n) is 3.39. The number of thiophene rings is 1. The van der Waals surface area contributed by atoms with Crippen LogP contribution in [0.3, 0.4) is 0 Å². The summed E-state index contributed by atoms with van der Waals surface area (Å²) in [5, 5.41) is 12.9. The van der Waals surface area contributed by atoms with Crippen LogP contribution in [0.25, 0.3) is 10.1 Å². The van der Waals surface area contributed by atoms with Crippen LogP contribution in [0, 0.1) is 5.92 Å². The minimum atomic E-state index is -0.187. The van der Waals surface area contributed by atoms with Gasteiger partial charge in [0.2, 0.25) is 0 Å². The van der Waals surface area contributed by atoms with Crippen LogP contribution in [0.5, 0.6) is 0 Å². The zero-order chi connectivity index (χ0) is 14.9. The Kier molecular flexibility index (Phi) is 4.67. The zero-order valence-corrected chi connectivity index (χ0v) is 13.7. The van der Waals surface area contributed by atoms with E-state index in [1.54, 1.807) is 0 Å². The van der Waals surface area contributed by atoms with Crippen molar-refractivity contribution in [1.29, 1.82) is 0 Å². The number of anilines is 1. The lowest BCUT2D eigenvalue weighted by atomic mass is 10.1. The molecular weight excluding hydrogens is 340 g/mol. The van der Waals surface area contributed by atoms with Crippen LogP contribution in [0.1, 0.15) is 23.5 Å². The molecule has 1 heterocycles. The molecule has 2 rings (SSSR count). The van der Waals surface area contributed by atoms with Gasteiger partial charge in [-0.1, -0.05) is 22.9 Å². The first kappa shape index (κ1) is 15.3. The Bertz CT molecular complexity index is 641. The van der Waals surface area contributed by atoms with Crippen LogP contribution in [-0.4, -0.2) is 23.7 Å². The van der Waals surface area contributed by atoms with Crippen LogP contribution in [-0.2, 0) is 0 Å². The van der Waals surface area contributed by atoms with E-state index < -0.39 is 0 Å². The number of hydrogen-bond acceptors (Lipinski definition) is 4. The quantitative estimate of drug-likeness (QED) is 0.788. The van der Waals surface area contributed by atoms with Gasteiger partial charge < -0.3 is 16.2 Å². The van der Waals surface area contributed by atoms with E-state index in [4.69, 9.17) is 10.8 Å². The Hall–Kier alpha value is -1.11. The molecule has 0 saturated carbocycles. The van der Waals surface area contributed by atoms with E-state index in [1.165, 1.54) is 11.3 Å². The predicted octanol–water partition coefficient (Wildman–Crippen LogP) is 2.99. The van der Waals surface area contributed by atoms with Crippen molar-refractivity contribution >= 4 is 48.9 Å². The van der Waals surface area contributed by atoms with E-state index in [1.807, 2.05) is 32.0 Å². The van der Waals surface area contributed by atoms with E-state index >= 15 is 0 Å². The normalized spacial score (nSPS) is 14.2. The summed E-state index contributed by atoms with van der Waals surface area (Å²) < 4.78 is 1.92. The summed E-state index contributed by atoms with van der Waals surface area (Å²) in [4.78, 5) is 12.8. The lowest BCUT2D eigenvalue weighted by Gasteiger charge is -2.18. The molecule has 0 spiro atoms. The summed E-state index contributed by atoms with van der Waals surface area (Å²) in [6, 6.07) is 5.68. The first-order chi connectivity index (χ1) is 9.43. The molecule has 108 valence electrons. The summed E-state index contributed by atoms with van der Waals surface area (Å²) in [5.74, 6) is -0.184. The molecule has 2 unspecified atom stereocenters. The van der Waals surface area contributed by atoms with Gasteiger partial charge in [0.05, 0.1) is 5.69 Å². The summed E-state index contributed by atoms with van der Waals surface area (Å²) in [6.45, 7) is 3.80. The number of amides is 1. The van der Waals surface area contributed by atoms with Crippen molar-refractivity contribution in [1.82, 2.24) is 5.32 Å². The molecule has 2 atom stereocenters. The maximum absolute atomic E-state index is 12.3. The average Bonchev–Trinajstić information content (AvgIpc) is 2.75. The van der Waals surface area contributed by atoms with Gasteiger partial charge in [0, 0.05) is 27.2 Å². The molecule has 20 heavy (non-hydrogen) atoms. The molecule has 0 radical (unpaired) electrons. The molecule has 0 aliphatic rings. The maximum atomic E-state index is 12.3. The monoisotopic (exact) mass is 356 g/mol. The topological polar surface area (TPSA) is 75.3 Å². The van der Waals surface area contributed by atoms with Crippen LogP contribution in [0.4, 0.5) is 5.69 Å². The highest BCUT2D eigenvalue weighted by Gasteiger charge is 2.20.